The van der Waals surface area contributed by atoms with E-state index < -0.39 is 0 Å². The summed E-state index contributed by atoms with van der Waals surface area (Å²) < 4.78 is 16.4. The number of amides is 1. The molecule has 0 unspecified atom stereocenters. The highest BCUT2D eigenvalue weighted by atomic mass is 35.5. The Morgan fingerprint density at radius 3 is 2.53 bits per heavy atom. The van der Waals surface area contributed by atoms with Gasteiger partial charge in [0.15, 0.2) is 18.1 Å². The summed E-state index contributed by atoms with van der Waals surface area (Å²) in [6.07, 6.45) is 1.54. The van der Waals surface area contributed by atoms with E-state index in [1.54, 1.807) is 25.3 Å². The lowest BCUT2D eigenvalue weighted by molar-refractivity contribution is -0.123. The summed E-state index contributed by atoms with van der Waals surface area (Å²) in [6, 6.07) is 22.0. The molecule has 0 fully saturated rings. The van der Waals surface area contributed by atoms with Crippen molar-refractivity contribution >= 4 is 23.7 Å². The number of benzene rings is 3. The van der Waals surface area contributed by atoms with Gasteiger partial charge in [-0.1, -0.05) is 48.0 Å². The van der Waals surface area contributed by atoms with Crippen molar-refractivity contribution in [1.29, 1.82) is 0 Å². The number of methoxy groups -OCH3 is 1. The lowest BCUT2D eigenvalue weighted by atomic mass is 10.2. The summed E-state index contributed by atoms with van der Waals surface area (Å²) in [5, 5.41) is 4.65. The minimum atomic E-state index is -0.382. The molecule has 0 aromatic heterocycles. The van der Waals surface area contributed by atoms with Gasteiger partial charge in [0, 0.05) is 5.02 Å². The third-order valence-corrected chi connectivity index (χ3v) is 4.26. The first kappa shape index (κ1) is 21.2. The Morgan fingerprint density at radius 1 is 1.00 bits per heavy atom. The molecule has 0 aliphatic rings. The molecule has 0 saturated carbocycles. The number of hydrazone groups is 1. The van der Waals surface area contributed by atoms with Gasteiger partial charge in [-0.2, -0.15) is 5.10 Å². The summed E-state index contributed by atoms with van der Waals surface area (Å²) in [6.45, 7) is 0.247. The predicted octanol–water partition coefficient (Wildman–Crippen LogP) is 4.46. The molecule has 3 aromatic rings. The van der Waals surface area contributed by atoms with E-state index in [4.69, 9.17) is 25.8 Å². The van der Waals surface area contributed by atoms with E-state index in [0.717, 1.165) is 11.1 Å². The number of hydrogen-bond donors (Lipinski definition) is 1. The first-order valence-electron chi connectivity index (χ1n) is 9.19. The molecule has 1 amide bonds. The number of carbonyl (C=O) groups excluding carboxylic acids is 1. The molecule has 0 spiro atoms. The number of carbonyl (C=O) groups is 1. The SMILES string of the molecule is COc1ccccc1OCC(=O)N/N=C/c1cccc(OCc2ccc(Cl)cc2)c1. The minimum Gasteiger partial charge on any atom is -0.493 e. The normalized spacial score (nSPS) is 10.6. The summed E-state index contributed by atoms with van der Waals surface area (Å²) >= 11 is 5.89. The van der Waals surface area contributed by atoms with E-state index in [-0.39, 0.29) is 12.5 Å². The average molecular weight is 425 g/mol. The quantitative estimate of drug-likeness (QED) is 0.407. The van der Waals surface area contributed by atoms with Crippen LogP contribution in [0.2, 0.25) is 5.02 Å². The van der Waals surface area contributed by atoms with Crippen LogP contribution < -0.4 is 19.6 Å². The molecule has 0 aliphatic carbocycles. The van der Waals surface area contributed by atoms with Crippen molar-refractivity contribution in [2.24, 2.45) is 5.10 Å². The number of nitrogens with one attached hydrogen (secondary N) is 1. The molecule has 6 nitrogen and oxygen atoms in total. The Labute approximate surface area is 180 Å². The lowest BCUT2D eigenvalue weighted by Gasteiger charge is -2.09. The Bertz CT molecular complexity index is 1010. The standard InChI is InChI=1S/C23H21ClN2O4/c1-28-21-7-2-3-8-22(21)30-16-23(27)26-25-14-18-5-4-6-20(13-18)29-15-17-9-11-19(24)12-10-17/h2-14H,15-16H2,1H3,(H,26,27)/b25-14+. The highest BCUT2D eigenvalue weighted by molar-refractivity contribution is 6.30. The van der Waals surface area contributed by atoms with Crippen molar-refractivity contribution in [1.82, 2.24) is 5.43 Å². The molecule has 7 heteroatoms. The summed E-state index contributed by atoms with van der Waals surface area (Å²) in [5.41, 5.74) is 4.23. The van der Waals surface area contributed by atoms with Gasteiger partial charge < -0.3 is 14.2 Å². The number of nitrogens with zero attached hydrogens (tertiary/aromatic N) is 1. The summed E-state index contributed by atoms with van der Waals surface area (Å²) in [4.78, 5) is 11.9. The van der Waals surface area contributed by atoms with E-state index in [1.165, 1.54) is 6.21 Å². The van der Waals surface area contributed by atoms with E-state index in [9.17, 15) is 4.79 Å². The van der Waals surface area contributed by atoms with E-state index >= 15 is 0 Å². The summed E-state index contributed by atoms with van der Waals surface area (Å²) in [5.74, 6) is 1.36. The molecule has 154 valence electrons. The molecular formula is C23H21ClN2O4. The number of ether oxygens (including phenoxy) is 3. The van der Waals surface area contributed by atoms with Crippen LogP contribution in [0.4, 0.5) is 0 Å². The van der Waals surface area contributed by atoms with Gasteiger partial charge >= 0.3 is 0 Å². The van der Waals surface area contributed by atoms with Crippen LogP contribution in [0.1, 0.15) is 11.1 Å². The second kappa shape index (κ2) is 10.9. The molecule has 30 heavy (non-hydrogen) atoms. The van der Waals surface area contributed by atoms with Crippen molar-refractivity contribution in [2.45, 2.75) is 6.61 Å². The molecule has 0 atom stereocenters. The van der Waals surface area contributed by atoms with E-state index in [1.807, 2.05) is 54.6 Å². The number of para-hydroxylation sites is 2. The van der Waals surface area contributed by atoms with Crippen LogP contribution >= 0.6 is 11.6 Å². The Kier molecular flexibility index (Phi) is 7.69. The van der Waals surface area contributed by atoms with E-state index in [2.05, 4.69) is 10.5 Å². The van der Waals surface area contributed by atoms with Gasteiger partial charge in [-0.25, -0.2) is 5.43 Å². The molecule has 0 radical (unpaired) electrons. The van der Waals surface area contributed by atoms with Crippen LogP contribution in [0.25, 0.3) is 0 Å². The first-order valence-corrected chi connectivity index (χ1v) is 9.57. The maximum Gasteiger partial charge on any atom is 0.277 e. The number of halogens is 1. The van der Waals surface area contributed by atoms with Crippen LogP contribution in [-0.2, 0) is 11.4 Å². The second-order valence-electron chi connectivity index (χ2n) is 6.22. The van der Waals surface area contributed by atoms with Gasteiger partial charge in [-0.3, -0.25) is 4.79 Å². The third-order valence-electron chi connectivity index (χ3n) is 4.01. The maximum atomic E-state index is 11.9. The highest BCUT2D eigenvalue weighted by Gasteiger charge is 2.06. The molecule has 1 N–H and O–H groups in total. The predicted molar refractivity (Wildman–Crippen MR) is 116 cm³/mol. The second-order valence-corrected chi connectivity index (χ2v) is 6.66. The maximum absolute atomic E-state index is 11.9. The van der Waals surface area contributed by atoms with Gasteiger partial charge in [-0.15, -0.1) is 0 Å². The number of hydrogen-bond acceptors (Lipinski definition) is 5. The van der Waals surface area contributed by atoms with Crippen LogP contribution in [0, 0.1) is 0 Å². The Morgan fingerprint density at radius 2 is 1.77 bits per heavy atom. The highest BCUT2D eigenvalue weighted by Crippen LogP contribution is 2.25. The summed E-state index contributed by atoms with van der Waals surface area (Å²) in [7, 11) is 1.54. The zero-order chi connectivity index (χ0) is 21.2. The van der Waals surface area contributed by atoms with Gasteiger partial charge in [0.1, 0.15) is 12.4 Å². The minimum absolute atomic E-state index is 0.179. The zero-order valence-corrected chi connectivity index (χ0v) is 17.1. The molecule has 0 saturated heterocycles. The fourth-order valence-corrected chi connectivity index (χ4v) is 2.65. The molecule has 0 aliphatic heterocycles. The monoisotopic (exact) mass is 424 g/mol. The van der Waals surface area contributed by atoms with Crippen molar-refractivity contribution in [2.75, 3.05) is 13.7 Å². The van der Waals surface area contributed by atoms with Gasteiger partial charge in [-0.05, 0) is 47.5 Å². The Hall–Kier alpha value is -3.51. The molecule has 3 rings (SSSR count). The topological polar surface area (TPSA) is 69.2 Å². The number of rotatable bonds is 9. The van der Waals surface area contributed by atoms with Crippen molar-refractivity contribution in [3.8, 4) is 17.2 Å². The third kappa shape index (κ3) is 6.53. The zero-order valence-electron chi connectivity index (χ0n) is 16.4. The van der Waals surface area contributed by atoms with Crippen molar-refractivity contribution in [3.05, 3.63) is 88.9 Å². The average Bonchev–Trinajstić information content (AvgIpc) is 2.78. The smallest absolute Gasteiger partial charge is 0.277 e. The van der Waals surface area contributed by atoms with Crippen molar-refractivity contribution < 1.29 is 19.0 Å². The van der Waals surface area contributed by atoms with Crippen LogP contribution in [-0.4, -0.2) is 25.8 Å². The molecule has 0 heterocycles. The van der Waals surface area contributed by atoms with Gasteiger partial charge in [0.2, 0.25) is 0 Å². The fourth-order valence-electron chi connectivity index (χ4n) is 2.52. The van der Waals surface area contributed by atoms with Crippen LogP contribution in [0.3, 0.4) is 0 Å². The lowest BCUT2D eigenvalue weighted by Crippen LogP contribution is -2.24. The fraction of sp³-hybridized carbons (Fsp3) is 0.130. The first-order chi connectivity index (χ1) is 14.6. The van der Waals surface area contributed by atoms with Gasteiger partial charge in [0.25, 0.3) is 5.91 Å². The Balaban J connectivity index is 1.48. The molecule has 0 bridgehead atoms. The van der Waals surface area contributed by atoms with Crippen LogP contribution in [0.15, 0.2) is 77.9 Å². The van der Waals surface area contributed by atoms with Crippen LogP contribution in [0.5, 0.6) is 17.2 Å². The van der Waals surface area contributed by atoms with E-state index in [0.29, 0.717) is 28.9 Å². The molecular weight excluding hydrogens is 404 g/mol. The molecule has 3 aromatic carbocycles. The largest absolute Gasteiger partial charge is 0.493 e. The van der Waals surface area contributed by atoms with Crippen molar-refractivity contribution in [3.63, 3.8) is 0 Å². The van der Waals surface area contributed by atoms with Gasteiger partial charge in [0.05, 0.1) is 13.3 Å².